The summed E-state index contributed by atoms with van der Waals surface area (Å²) in [5, 5.41) is 0. The molecule has 2 aliphatic rings. The predicted molar refractivity (Wildman–Crippen MR) is 86.5 cm³/mol. The molecule has 2 aromatic rings. The third kappa shape index (κ3) is 2.69. The Balaban J connectivity index is 1.81. The van der Waals surface area contributed by atoms with Crippen molar-refractivity contribution in [2.75, 3.05) is 0 Å². The molecule has 0 unspecified atom stereocenters. The van der Waals surface area contributed by atoms with Crippen LogP contribution in [0.1, 0.15) is 13.3 Å². The minimum atomic E-state index is -4.32. The highest BCUT2D eigenvalue weighted by Gasteiger charge is 2.42. The summed E-state index contributed by atoms with van der Waals surface area (Å²) in [6, 6.07) is 7.99. The van der Waals surface area contributed by atoms with Crippen LogP contribution in [-0.2, 0) is 24.5 Å². The number of rotatable bonds is 6. The van der Waals surface area contributed by atoms with Crippen LogP contribution in [0.2, 0.25) is 0 Å². The first-order valence-corrected chi connectivity index (χ1v) is 10.4. The van der Waals surface area contributed by atoms with Crippen molar-refractivity contribution in [1.29, 1.82) is 0 Å². The lowest BCUT2D eigenvalue weighted by atomic mass is 10.3. The molecule has 2 heterocycles. The predicted octanol–water partition coefficient (Wildman–Crippen LogP) is 2.45. The first kappa shape index (κ1) is 16.1. The van der Waals surface area contributed by atoms with Gasteiger partial charge in [-0.05, 0) is 31.2 Å². The van der Waals surface area contributed by atoms with Crippen LogP contribution >= 0.6 is 0 Å². The zero-order chi connectivity index (χ0) is 18.0. The molecule has 2 aromatic carbocycles. The van der Waals surface area contributed by atoms with Crippen molar-refractivity contribution >= 4 is 25.5 Å². The maximum atomic E-state index is 12.9. The molecule has 0 saturated heterocycles. The molecule has 0 bridgehead atoms. The van der Waals surface area contributed by atoms with Crippen molar-refractivity contribution in [3.8, 4) is 23.0 Å². The standard InChI is InChI=1S/C16H12O7S2/c1-9(17)6-16(24(18,19)10-2-4-12-14(7-10)22-12)25(20,21)11-3-5-13-15(8-11)23-13/h2-5,7-8,16H,6H2,1H3. The zero-order valence-corrected chi connectivity index (χ0v) is 14.6. The van der Waals surface area contributed by atoms with Crippen LogP contribution in [0.3, 0.4) is 0 Å². The molecule has 2 aliphatic heterocycles. The molecule has 130 valence electrons. The van der Waals surface area contributed by atoms with Crippen LogP contribution in [0.15, 0.2) is 46.2 Å². The summed E-state index contributed by atoms with van der Waals surface area (Å²) in [4.78, 5) is 11.2. The summed E-state index contributed by atoms with van der Waals surface area (Å²) in [5.41, 5.74) is 0. The fourth-order valence-corrected chi connectivity index (χ4v) is 7.14. The van der Waals surface area contributed by atoms with Gasteiger partial charge in [-0.25, -0.2) is 16.8 Å². The third-order valence-electron chi connectivity index (χ3n) is 3.99. The molecule has 0 N–H and O–H groups in total. The average Bonchev–Trinajstić information content (AvgIpc) is 3.43. The van der Waals surface area contributed by atoms with Gasteiger partial charge in [0.15, 0.2) is 47.3 Å². The van der Waals surface area contributed by atoms with Crippen LogP contribution in [0.25, 0.3) is 0 Å². The van der Waals surface area contributed by atoms with E-state index >= 15 is 0 Å². The van der Waals surface area contributed by atoms with E-state index in [-0.39, 0.29) is 9.79 Å². The Morgan fingerprint density at radius 1 is 0.840 bits per heavy atom. The molecule has 0 amide bonds. The van der Waals surface area contributed by atoms with E-state index in [1.54, 1.807) is 0 Å². The minimum Gasteiger partial charge on any atom is -0.449 e. The largest absolute Gasteiger partial charge is 0.449 e. The number of hydrogen-bond donors (Lipinski definition) is 0. The van der Waals surface area contributed by atoms with Crippen LogP contribution in [0.4, 0.5) is 0 Å². The van der Waals surface area contributed by atoms with Gasteiger partial charge in [-0.3, -0.25) is 4.79 Å². The average molecular weight is 380 g/mol. The van der Waals surface area contributed by atoms with E-state index in [2.05, 4.69) is 0 Å². The van der Waals surface area contributed by atoms with E-state index in [0.29, 0.717) is 23.0 Å². The quantitative estimate of drug-likeness (QED) is 0.472. The van der Waals surface area contributed by atoms with Crippen LogP contribution in [0, 0.1) is 0 Å². The molecule has 7 nitrogen and oxygen atoms in total. The van der Waals surface area contributed by atoms with Crippen molar-refractivity contribution in [3.63, 3.8) is 0 Å². The van der Waals surface area contributed by atoms with Crippen molar-refractivity contribution in [3.05, 3.63) is 36.4 Å². The van der Waals surface area contributed by atoms with Gasteiger partial charge in [-0.2, -0.15) is 0 Å². The summed E-state index contributed by atoms with van der Waals surface area (Å²) in [7, 11) is -8.63. The Bertz CT molecular complexity index is 1050. The van der Waals surface area contributed by atoms with Crippen molar-refractivity contribution < 1.29 is 31.1 Å². The molecule has 0 aliphatic carbocycles. The Labute approximate surface area is 144 Å². The van der Waals surface area contributed by atoms with Gasteiger partial charge < -0.3 is 9.47 Å². The number of hydrogen-bond acceptors (Lipinski definition) is 7. The van der Waals surface area contributed by atoms with Gasteiger partial charge in [0, 0.05) is 18.6 Å². The number of ether oxygens (including phenoxy) is 2. The SMILES string of the molecule is CC(=O)CC(S(=O)(=O)c1ccc2c(c1)O2)S(=O)(=O)c1ccc2c(c1)O2. The number of sulfone groups is 2. The lowest BCUT2D eigenvalue weighted by Crippen LogP contribution is -2.32. The highest BCUT2D eigenvalue weighted by Crippen LogP contribution is 2.48. The lowest BCUT2D eigenvalue weighted by Gasteiger charge is -2.17. The number of Topliss-reactive ketones (excluding diaryl/α,β-unsaturated/α-hetero) is 1. The van der Waals surface area contributed by atoms with E-state index in [1.165, 1.54) is 36.4 Å². The van der Waals surface area contributed by atoms with E-state index < -0.39 is 36.5 Å². The van der Waals surface area contributed by atoms with Crippen LogP contribution < -0.4 is 9.47 Å². The smallest absolute Gasteiger partial charge is 0.196 e. The first-order chi connectivity index (χ1) is 11.7. The monoisotopic (exact) mass is 380 g/mol. The van der Waals surface area contributed by atoms with Gasteiger partial charge >= 0.3 is 0 Å². The molecular weight excluding hydrogens is 368 g/mol. The molecular formula is C16H12O7S2. The molecule has 0 saturated carbocycles. The Hall–Kier alpha value is -2.39. The number of ketones is 1. The topological polar surface area (TPSA) is 110 Å². The van der Waals surface area contributed by atoms with Gasteiger partial charge in [-0.1, -0.05) is 0 Å². The molecule has 4 rings (SSSR count). The normalized spacial score (nSPS) is 14.2. The number of fused-ring (bicyclic) bond motifs is 2. The van der Waals surface area contributed by atoms with Crippen LogP contribution in [-0.4, -0.2) is 27.2 Å². The second-order valence-electron chi connectivity index (χ2n) is 5.85. The fourth-order valence-electron chi connectivity index (χ4n) is 2.57. The van der Waals surface area contributed by atoms with Gasteiger partial charge in [-0.15, -0.1) is 0 Å². The highest BCUT2D eigenvalue weighted by molar-refractivity contribution is 8.09. The summed E-state index contributed by atoms with van der Waals surface area (Å²) in [5.74, 6) is 1.33. The lowest BCUT2D eigenvalue weighted by molar-refractivity contribution is -0.116. The second kappa shape index (κ2) is 5.06. The molecule has 0 radical (unpaired) electrons. The third-order valence-corrected chi connectivity index (χ3v) is 9.05. The zero-order valence-electron chi connectivity index (χ0n) is 12.9. The first-order valence-electron chi connectivity index (χ1n) is 7.30. The van der Waals surface area contributed by atoms with E-state index in [1.807, 2.05) is 0 Å². The number of carbonyl (C=O) groups is 1. The van der Waals surface area contributed by atoms with Crippen molar-refractivity contribution in [2.45, 2.75) is 27.7 Å². The molecule has 0 fully saturated rings. The molecule has 0 spiro atoms. The second-order valence-corrected chi connectivity index (χ2v) is 10.4. The molecule has 25 heavy (non-hydrogen) atoms. The van der Waals surface area contributed by atoms with E-state index in [4.69, 9.17) is 9.47 Å². The highest BCUT2D eigenvalue weighted by atomic mass is 32.3. The van der Waals surface area contributed by atoms with Gasteiger partial charge in [0.25, 0.3) is 0 Å². The summed E-state index contributed by atoms with van der Waals surface area (Å²) >= 11 is 0. The number of benzene rings is 2. The fraction of sp³-hybridized carbons (Fsp3) is 0.188. The van der Waals surface area contributed by atoms with E-state index in [0.717, 1.165) is 6.92 Å². The summed E-state index contributed by atoms with van der Waals surface area (Å²) in [6.45, 7) is 1.16. The maximum Gasteiger partial charge on any atom is 0.196 e. The van der Waals surface area contributed by atoms with Crippen LogP contribution in [0.5, 0.6) is 23.0 Å². The molecule has 0 aromatic heterocycles. The van der Waals surface area contributed by atoms with Gasteiger partial charge in [0.1, 0.15) is 5.78 Å². The Morgan fingerprint density at radius 2 is 1.28 bits per heavy atom. The van der Waals surface area contributed by atoms with Crippen molar-refractivity contribution in [2.24, 2.45) is 0 Å². The summed E-state index contributed by atoms with van der Waals surface area (Å²) in [6.07, 6.45) is -0.638. The molecule has 0 atom stereocenters. The Morgan fingerprint density at radius 3 is 1.64 bits per heavy atom. The van der Waals surface area contributed by atoms with Gasteiger partial charge in [0.2, 0.25) is 0 Å². The summed E-state index contributed by atoms with van der Waals surface area (Å²) < 4.78 is 59.9. The maximum absolute atomic E-state index is 12.9. The van der Waals surface area contributed by atoms with E-state index in [9.17, 15) is 21.6 Å². The Kier molecular flexibility index (Phi) is 3.26. The molecule has 9 heteroatoms. The van der Waals surface area contributed by atoms with Gasteiger partial charge in [0.05, 0.1) is 9.79 Å². The number of carbonyl (C=O) groups excluding carboxylic acids is 1. The van der Waals surface area contributed by atoms with Crippen molar-refractivity contribution in [1.82, 2.24) is 0 Å². The minimum absolute atomic E-state index is 0.193.